The molecule has 1 aromatic carbocycles. The van der Waals surface area contributed by atoms with Crippen LogP contribution in [0, 0.1) is 6.92 Å². The fourth-order valence-electron chi connectivity index (χ4n) is 4.39. The van der Waals surface area contributed by atoms with E-state index in [0.29, 0.717) is 5.02 Å². The minimum absolute atomic E-state index is 0.704. The molecule has 1 N–H and O–H groups in total. The molecule has 0 bridgehead atoms. The van der Waals surface area contributed by atoms with Crippen LogP contribution >= 0.6 is 22.9 Å². The first kappa shape index (κ1) is 22.9. The van der Waals surface area contributed by atoms with Gasteiger partial charge in [-0.25, -0.2) is 4.98 Å². The fourth-order valence-corrected chi connectivity index (χ4v) is 5.28. The summed E-state index contributed by atoms with van der Waals surface area (Å²) in [4.78, 5) is 20.2. The minimum Gasteiger partial charge on any atom is -0.384 e. The van der Waals surface area contributed by atoms with Crippen LogP contribution in [0.3, 0.4) is 0 Å². The normalized spacial score (nSPS) is 13.5. The second-order valence-electron chi connectivity index (χ2n) is 8.66. The molecule has 6 nitrogen and oxygen atoms in total. The molecule has 0 aliphatic carbocycles. The maximum atomic E-state index is 6.13. The maximum absolute atomic E-state index is 6.13. The second kappa shape index (κ2) is 10.6. The van der Waals surface area contributed by atoms with Gasteiger partial charge in [-0.15, -0.1) is 11.3 Å². The highest BCUT2D eigenvalue weighted by Crippen LogP contribution is 2.26. The van der Waals surface area contributed by atoms with E-state index < -0.39 is 0 Å². The zero-order chi connectivity index (χ0) is 23.3. The van der Waals surface area contributed by atoms with E-state index in [0.717, 1.165) is 73.2 Å². The number of pyridine rings is 1. The molecule has 0 unspecified atom stereocenters. The Bertz CT molecular complexity index is 1240. The predicted molar refractivity (Wildman–Crippen MR) is 143 cm³/mol. The summed E-state index contributed by atoms with van der Waals surface area (Å²) in [5.74, 6) is 1.87. The van der Waals surface area contributed by atoms with E-state index in [9.17, 15) is 0 Å². The summed E-state index contributed by atoms with van der Waals surface area (Å²) in [6.45, 7) is 6.76. The van der Waals surface area contributed by atoms with E-state index in [2.05, 4.69) is 50.6 Å². The van der Waals surface area contributed by atoms with Crippen molar-refractivity contribution in [1.82, 2.24) is 15.0 Å². The number of hydrogen-bond acceptors (Lipinski definition) is 7. The fraction of sp³-hybridized carbons (Fsp3) is 0.346. The Morgan fingerprint density at radius 1 is 1.12 bits per heavy atom. The zero-order valence-corrected chi connectivity index (χ0v) is 20.9. The molecule has 176 valence electrons. The first-order valence-electron chi connectivity index (χ1n) is 11.8. The van der Waals surface area contributed by atoms with Gasteiger partial charge < -0.3 is 15.1 Å². The first-order chi connectivity index (χ1) is 16.7. The van der Waals surface area contributed by atoms with Gasteiger partial charge in [-0.1, -0.05) is 17.7 Å². The quantitative estimate of drug-likeness (QED) is 0.282. The van der Waals surface area contributed by atoms with Gasteiger partial charge in [0.15, 0.2) is 0 Å². The third-order valence-electron chi connectivity index (χ3n) is 6.09. The molecule has 0 atom stereocenters. The Morgan fingerprint density at radius 2 is 2.00 bits per heavy atom. The molecule has 0 spiro atoms. The Hall–Kier alpha value is -2.90. The number of aryl methyl sites for hydroxylation is 1. The SMILES string of the molecule is Cc1cc(N(CCCNc2ccnc3cc(Cl)ccc23)Cc2cccs2)nc(N2CCCC2)n1. The summed E-state index contributed by atoms with van der Waals surface area (Å²) in [7, 11) is 0. The van der Waals surface area contributed by atoms with Gasteiger partial charge in [0.05, 0.1) is 12.1 Å². The van der Waals surface area contributed by atoms with E-state index in [1.54, 1.807) is 11.3 Å². The highest BCUT2D eigenvalue weighted by atomic mass is 35.5. The lowest BCUT2D eigenvalue weighted by Crippen LogP contribution is -2.28. The molecule has 4 heterocycles. The van der Waals surface area contributed by atoms with E-state index in [1.165, 1.54) is 17.7 Å². The van der Waals surface area contributed by atoms with Gasteiger partial charge in [-0.2, -0.15) is 4.98 Å². The Balaban J connectivity index is 1.30. The Kier molecular flexibility index (Phi) is 7.11. The molecule has 0 amide bonds. The Morgan fingerprint density at radius 3 is 2.82 bits per heavy atom. The highest BCUT2D eigenvalue weighted by molar-refractivity contribution is 7.09. The van der Waals surface area contributed by atoms with Crippen molar-refractivity contribution in [3.05, 3.63) is 69.6 Å². The molecule has 1 aliphatic rings. The van der Waals surface area contributed by atoms with Crippen molar-refractivity contribution in [1.29, 1.82) is 0 Å². The van der Waals surface area contributed by atoms with Crippen LogP contribution in [0.4, 0.5) is 17.5 Å². The summed E-state index contributed by atoms with van der Waals surface area (Å²) in [6, 6.07) is 14.3. The standard InChI is InChI=1S/C26H29ClN6S/c1-19-16-25(31-26(30-19)32-12-2-3-13-32)33(18-21-6-4-15-34-21)14-5-10-28-23-9-11-29-24-17-20(27)7-8-22(23)24/h4,6-9,11,15-17H,2-3,5,10,12-14,18H2,1H3,(H,28,29). The minimum atomic E-state index is 0.704. The molecular formula is C26H29ClN6S. The monoisotopic (exact) mass is 492 g/mol. The molecule has 1 saturated heterocycles. The van der Waals surface area contributed by atoms with Crippen LogP contribution in [0.25, 0.3) is 10.9 Å². The number of anilines is 3. The molecule has 1 aliphatic heterocycles. The molecule has 0 saturated carbocycles. The smallest absolute Gasteiger partial charge is 0.227 e. The van der Waals surface area contributed by atoms with E-state index in [-0.39, 0.29) is 0 Å². The van der Waals surface area contributed by atoms with Crippen molar-refractivity contribution in [3.63, 3.8) is 0 Å². The summed E-state index contributed by atoms with van der Waals surface area (Å²) >= 11 is 7.92. The van der Waals surface area contributed by atoms with Crippen LogP contribution in [0.15, 0.2) is 54.0 Å². The number of aromatic nitrogens is 3. The largest absolute Gasteiger partial charge is 0.384 e. The van der Waals surface area contributed by atoms with Gasteiger partial charge in [0, 0.05) is 65.1 Å². The van der Waals surface area contributed by atoms with Gasteiger partial charge in [-0.05, 0) is 61.9 Å². The van der Waals surface area contributed by atoms with Gasteiger partial charge in [0.2, 0.25) is 5.95 Å². The van der Waals surface area contributed by atoms with Crippen LogP contribution in [0.1, 0.15) is 29.8 Å². The van der Waals surface area contributed by atoms with Gasteiger partial charge >= 0.3 is 0 Å². The predicted octanol–water partition coefficient (Wildman–Crippen LogP) is 6.16. The average Bonchev–Trinajstić information content (AvgIpc) is 3.55. The molecule has 5 rings (SSSR count). The lowest BCUT2D eigenvalue weighted by molar-refractivity contribution is 0.737. The summed E-state index contributed by atoms with van der Waals surface area (Å²) in [5.41, 5.74) is 3.01. The van der Waals surface area contributed by atoms with Crippen LogP contribution in [-0.4, -0.2) is 41.1 Å². The number of nitrogens with zero attached hydrogens (tertiary/aromatic N) is 5. The molecule has 8 heteroatoms. The zero-order valence-electron chi connectivity index (χ0n) is 19.4. The lowest BCUT2D eigenvalue weighted by atomic mass is 10.2. The van der Waals surface area contributed by atoms with E-state index in [1.807, 2.05) is 30.5 Å². The number of rotatable bonds is 9. The van der Waals surface area contributed by atoms with Crippen molar-refractivity contribution in [2.24, 2.45) is 0 Å². The van der Waals surface area contributed by atoms with E-state index in [4.69, 9.17) is 21.6 Å². The molecule has 1 fully saturated rings. The van der Waals surface area contributed by atoms with Gasteiger partial charge in [0.1, 0.15) is 5.82 Å². The third kappa shape index (κ3) is 5.42. The number of nitrogens with one attached hydrogen (secondary N) is 1. The maximum Gasteiger partial charge on any atom is 0.227 e. The first-order valence-corrected chi connectivity index (χ1v) is 13.1. The molecular weight excluding hydrogens is 464 g/mol. The van der Waals surface area contributed by atoms with Crippen LogP contribution in [0.2, 0.25) is 5.02 Å². The highest BCUT2D eigenvalue weighted by Gasteiger charge is 2.18. The topological polar surface area (TPSA) is 57.2 Å². The second-order valence-corrected chi connectivity index (χ2v) is 10.1. The third-order valence-corrected chi connectivity index (χ3v) is 7.19. The molecule has 0 radical (unpaired) electrons. The summed E-state index contributed by atoms with van der Waals surface area (Å²) in [6.07, 6.45) is 5.23. The van der Waals surface area contributed by atoms with Crippen molar-refractivity contribution in [3.8, 4) is 0 Å². The van der Waals surface area contributed by atoms with Crippen molar-refractivity contribution >= 4 is 51.3 Å². The summed E-state index contributed by atoms with van der Waals surface area (Å²) < 4.78 is 0. The number of halogens is 1. The van der Waals surface area contributed by atoms with Crippen molar-refractivity contribution in [2.75, 3.05) is 41.3 Å². The average molecular weight is 493 g/mol. The van der Waals surface area contributed by atoms with Crippen LogP contribution in [0.5, 0.6) is 0 Å². The van der Waals surface area contributed by atoms with Crippen LogP contribution < -0.4 is 15.1 Å². The number of fused-ring (bicyclic) bond motifs is 1. The molecule has 4 aromatic rings. The van der Waals surface area contributed by atoms with Gasteiger partial charge in [0.25, 0.3) is 0 Å². The molecule has 3 aromatic heterocycles. The number of thiophene rings is 1. The van der Waals surface area contributed by atoms with Gasteiger partial charge in [-0.3, -0.25) is 4.98 Å². The summed E-state index contributed by atoms with van der Waals surface area (Å²) in [5, 5.41) is 7.52. The molecule has 34 heavy (non-hydrogen) atoms. The Labute approximate surface area is 209 Å². The van der Waals surface area contributed by atoms with Crippen molar-refractivity contribution < 1.29 is 0 Å². The lowest BCUT2D eigenvalue weighted by Gasteiger charge is -2.25. The number of benzene rings is 1. The van der Waals surface area contributed by atoms with E-state index >= 15 is 0 Å². The van der Waals surface area contributed by atoms with Crippen LogP contribution in [-0.2, 0) is 6.54 Å². The van der Waals surface area contributed by atoms with Crippen molar-refractivity contribution in [2.45, 2.75) is 32.7 Å². The number of hydrogen-bond donors (Lipinski definition) is 1.